The van der Waals surface area contributed by atoms with Gasteiger partial charge < -0.3 is 20.0 Å². The first kappa shape index (κ1) is 12.9. The molecule has 2 aliphatic heterocycles. The second kappa shape index (κ2) is 4.97. The van der Waals surface area contributed by atoms with Gasteiger partial charge in [0.1, 0.15) is 6.04 Å². The molecule has 2 rings (SSSR count). The number of β-amino-alcohol motifs (C(OH)–C–C–N with tert-alkyl or cyclic N) is 1. The van der Waals surface area contributed by atoms with Gasteiger partial charge in [0.05, 0.1) is 6.10 Å². The van der Waals surface area contributed by atoms with Gasteiger partial charge in [-0.3, -0.25) is 0 Å². The third-order valence-electron chi connectivity index (χ3n) is 3.52. The predicted molar refractivity (Wildman–Crippen MR) is 64.1 cm³/mol. The van der Waals surface area contributed by atoms with Crippen molar-refractivity contribution >= 4 is 12.0 Å². The Labute approximate surface area is 105 Å². The number of carboxylic acid groups (broad SMARTS) is 1. The van der Waals surface area contributed by atoms with E-state index in [0.29, 0.717) is 13.1 Å². The van der Waals surface area contributed by atoms with Crippen molar-refractivity contribution in [2.45, 2.75) is 31.9 Å². The summed E-state index contributed by atoms with van der Waals surface area (Å²) < 4.78 is 0. The first-order valence-corrected chi connectivity index (χ1v) is 6.11. The number of carbonyl (C=O) groups excluding carboxylic acids is 1. The Bertz CT molecular complexity index is 394. The van der Waals surface area contributed by atoms with E-state index < -0.39 is 18.1 Å². The van der Waals surface area contributed by atoms with Crippen LogP contribution in [0, 0.1) is 0 Å². The normalized spacial score (nSPS) is 28.2. The number of carboxylic acids is 1. The first-order chi connectivity index (χ1) is 8.49. The van der Waals surface area contributed by atoms with Crippen LogP contribution >= 0.6 is 0 Å². The summed E-state index contributed by atoms with van der Waals surface area (Å²) in [5.74, 6) is -1.05. The summed E-state index contributed by atoms with van der Waals surface area (Å²) in [6.07, 6.45) is 2.17. The lowest BCUT2D eigenvalue weighted by molar-refractivity contribution is -0.141. The van der Waals surface area contributed by atoms with E-state index in [-0.39, 0.29) is 19.0 Å². The van der Waals surface area contributed by atoms with E-state index in [1.807, 2.05) is 13.0 Å². The number of carbonyl (C=O) groups is 2. The summed E-state index contributed by atoms with van der Waals surface area (Å²) in [5.41, 5.74) is 1.25. The Balaban J connectivity index is 2.06. The van der Waals surface area contributed by atoms with Gasteiger partial charge in [-0.05, 0) is 13.3 Å². The molecular formula is C12H18N2O4. The summed E-state index contributed by atoms with van der Waals surface area (Å²) in [6, 6.07) is -1.19. The van der Waals surface area contributed by atoms with E-state index in [2.05, 4.69) is 0 Å². The molecule has 2 atom stereocenters. The highest BCUT2D eigenvalue weighted by Crippen LogP contribution is 2.21. The van der Waals surface area contributed by atoms with Crippen LogP contribution in [0.4, 0.5) is 4.79 Å². The topological polar surface area (TPSA) is 81.1 Å². The predicted octanol–water partition coefficient (Wildman–Crippen LogP) is 0.278. The highest BCUT2D eigenvalue weighted by Gasteiger charge is 2.40. The van der Waals surface area contributed by atoms with Gasteiger partial charge in [0.25, 0.3) is 0 Å². The molecule has 2 aliphatic rings. The van der Waals surface area contributed by atoms with Crippen molar-refractivity contribution in [2.75, 3.05) is 19.6 Å². The van der Waals surface area contributed by atoms with Crippen LogP contribution in [0.15, 0.2) is 11.6 Å². The molecule has 18 heavy (non-hydrogen) atoms. The van der Waals surface area contributed by atoms with Gasteiger partial charge in [-0.25, -0.2) is 9.59 Å². The van der Waals surface area contributed by atoms with E-state index in [4.69, 9.17) is 5.11 Å². The lowest BCUT2D eigenvalue weighted by atomic mass is 10.1. The van der Waals surface area contributed by atoms with Crippen molar-refractivity contribution in [1.82, 2.24) is 9.80 Å². The standard InChI is InChI=1S/C12H18N2O4/c1-8-2-4-13(5-3-8)12(18)14-7-9(15)6-10(14)11(16)17/h2,9-10,15H,3-7H2,1H3,(H,16,17). The number of hydrogen-bond donors (Lipinski definition) is 2. The Hall–Kier alpha value is -1.56. The SMILES string of the molecule is CC1=CCN(C(=O)N2CC(O)CC2C(=O)O)CC1. The molecule has 0 aromatic carbocycles. The number of urea groups is 1. The Morgan fingerprint density at radius 3 is 2.72 bits per heavy atom. The van der Waals surface area contributed by atoms with E-state index in [1.54, 1.807) is 4.90 Å². The van der Waals surface area contributed by atoms with Gasteiger partial charge in [0.2, 0.25) is 0 Å². The van der Waals surface area contributed by atoms with E-state index in [0.717, 1.165) is 6.42 Å². The van der Waals surface area contributed by atoms with Crippen LogP contribution in [0.1, 0.15) is 19.8 Å². The number of rotatable bonds is 1. The van der Waals surface area contributed by atoms with Crippen molar-refractivity contribution in [3.05, 3.63) is 11.6 Å². The maximum Gasteiger partial charge on any atom is 0.326 e. The van der Waals surface area contributed by atoms with Gasteiger partial charge >= 0.3 is 12.0 Å². The summed E-state index contributed by atoms with van der Waals surface area (Å²) >= 11 is 0. The van der Waals surface area contributed by atoms with Crippen molar-refractivity contribution in [2.24, 2.45) is 0 Å². The molecule has 1 fully saturated rings. The second-order valence-electron chi connectivity index (χ2n) is 4.92. The van der Waals surface area contributed by atoms with Crippen LogP contribution in [-0.4, -0.2) is 63.8 Å². The summed E-state index contributed by atoms with van der Waals surface area (Å²) in [4.78, 5) is 26.2. The maximum absolute atomic E-state index is 12.2. The molecule has 0 bridgehead atoms. The van der Waals surface area contributed by atoms with Crippen molar-refractivity contribution < 1.29 is 19.8 Å². The minimum absolute atomic E-state index is 0.106. The summed E-state index contributed by atoms with van der Waals surface area (Å²) in [6.45, 7) is 3.25. The summed E-state index contributed by atoms with van der Waals surface area (Å²) in [5, 5.41) is 18.6. The highest BCUT2D eigenvalue weighted by molar-refractivity contribution is 5.83. The smallest absolute Gasteiger partial charge is 0.326 e. The minimum Gasteiger partial charge on any atom is -0.480 e. The lowest BCUT2D eigenvalue weighted by Crippen LogP contribution is -2.49. The Kier molecular flexibility index (Phi) is 3.56. The molecule has 0 aliphatic carbocycles. The van der Waals surface area contributed by atoms with E-state index in [1.165, 1.54) is 10.5 Å². The van der Waals surface area contributed by atoms with E-state index in [9.17, 15) is 14.7 Å². The molecule has 0 aromatic rings. The van der Waals surface area contributed by atoms with Crippen LogP contribution in [0.25, 0.3) is 0 Å². The fraction of sp³-hybridized carbons (Fsp3) is 0.667. The summed E-state index contributed by atoms with van der Waals surface area (Å²) in [7, 11) is 0. The van der Waals surface area contributed by atoms with Crippen LogP contribution < -0.4 is 0 Å². The average Bonchev–Trinajstić information content (AvgIpc) is 2.71. The highest BCUT2D eigenvalue weighted by atomic mass is 16.4. The number of likely N-dealkylation sites (tertiary alicyclic amines) is 1. The van der Waals surface area contributed by atoms with Crippen molar-refractivity contribution in [3.63, 3.8) is 0 Å². The number of aliphatic hydroxyl groups excluding tert-OH is 1. The van der Waals surface area contributed by atoms with E-state index >= 15 is 0 Å². The molecule has 2 heterocycles. The fourth-order valence-electron chi connectivity index (χ4n) is 2.39. The van der Waals surface area contributed by atoms with Crippen molar-refractivity contribution in [1.29, 1.82) is 0 Å². The molecule has 0 radical (unpaired) electrons. The molecular weight excluding hydrogens is 236 g/mol. The Morgan fingerprint density at radius 2 is 2.17 bits per heavy atom. The molecule has 100 valence electrons. The largest absolute Gasteiger partial charge is 0.480 e. The molecule has 6 nitrogen and oxygen atoms in total. The third-order valence-corrected chi connectivity index (χ3v) is 3.52. The van der Waals surface area contributed by atoms with Crippen LogP contribution in [0.3, 0.4) is 0 Å². The quantitative estimate of drug-likeness (QED) is 0.658. The van der Waals surface area contributed by atoms with Crippen LogP contribution in [-0.2, 0) is 4.79 Å². The van der Waals surface area contributed by atoms with Gasteiger partial charge in [-0.2, -0.15) is 0 Å². The molecule has 0 saturated carbocycles. The first-order valence-electron chi connectivity index (χ1n) is 6.11. The zero-order valence-corrected chi connectivity index (χ0v) is 10.4. The molecule has 0 spiro atoms. The fourth-order valence-corrected chi connectivity index (χ4v) is 2.39. The number of nitrogens with zero attached hydrogens (tertiary/aromatic N) is 2. The molecule has 2 N–H and O–H groups in total. The lowest BCUT2D eigenvalue weighted by Gasteiger charge is -2.31. The number of hydrogen-bond acceptors (Lipinski definition) is 3. The van der Waals surface area contributed by atoms with Gasteiger partial charge in [0.15, 0.2) is 0 Å². The van der Waals surface area contributed by atoms with Gasteiger partial charge in [-0.1, -0.05) is 11.6 Å². The monoisotopic (exact) mass is 254 g/mol. The average molecular weight is 254 g/mol. The molecule has 0 aromatic heterocycles. The third kappa shape index (κ3) is 2.48. The Morgan fingerprint density at radius 1 is 1.44 bits per heavy atom. The van der Waals surface area contributed by atoms with Crippen LogP contribution in [0.5, 0.6) is 0 Å². The van der Waals surface area contributed by atoms with Crippen LogP contribution in [0.2, 0.25) is 0 Å². The zero-order chi connectivity index (χ0) is 13.3. The zero-order valence-electron chi connectivity index (χ0n) is 10.4. The maximum atomic E-state index is 12.2. The van der Waals surface area contributed by atoms with Crippen molar-refractivity contribution in [3.8, 4) is 0 Å². The molecule has 2 amide bonds. The second-order valence-corrected chi connectivity index (χ2v) is 4.92. The molecule has 2 unspecified atom stereocenters. The number of amides is 2. The number of aliphatic hydroxyl groups is 1. The number of aliphatic carboxylic acids is 1. The van der Waals surface area contributed by atoms with Gasteiger partial charge in [0, 0.05) is 26.1 Å². The minimum atomic E-state index is -1.05. The molecule has 1 saturated heterocycles. The van der Waals surface area contributed by atoms with Gasteiger partial charge in [-0.15, -0.1) is 0 Å². The molecule has 6 heteroatoms.